The van der Waals surface area contributed by atoms with E-state index in [-0.39, 0.29) is 12.5 Å². The van der Waals surface area contributed by atoms with Gasteiger partial charge in [0.2, 0.25) is 0 Å². The van der Waals surface area contributed by atoms with Crippen molar-refractivity contribution >= 4 is 27.8 Å². The number of esters is 1. The lowest BCUT2D eigenvalue weighted by Crippen LogP contribution is -2.44. The zero-order chi connectivity index (χ0) is 17.0. The monoisotopic (exact) mass is 383 g/mol. The van der Waals surface area contributed by atoms with Crippen molar-refractivity contribution in [1.82, 2.24) is 4.90 Å². The quantitative estimate of drug-likeness (QED) is 0.749. The van der Waals surface area contributed by atoms with E-state index in [1.807, 2.05) is 4.90 Å². The molecule has 1 heterocycles. The molecule has 2 rings (SSSR count). The minimum Gasteiger partial charge on any atom is -0.483 e. The van der Waals surface area contributed by atoms with Crippen molar-refractivity contribution in [1.29, 1.82) is 0 Å². The van der Waals surface area contributed by atoms with E-state index in [4.69, 9.17) is 4.74 Å². The van der Waals surface area contributed by atoms with Gasteiger partial charge in [0.1, 0.15) is 5.75 Å². The highest BCUT2D eigenvalue weighted by Gasteiger charge is 2.25. The van der Waals surface area contributed by atoms with E-state index in [9.17, 15) is 9.59 Å². The number of rotatable bonds is 4. The first kappa shape index (κ1) is 17.8. The van der Waals surface area contributed by atoms with Crippen LogP contribution in [0.25, 0.3) is 0 Å². The van der Waals surface area contributed by atoms with E-state index in [1.54, 1.807) is 18.2 Å². The molecule has 1 fully saturated rings. The third-order valence-electron chi connectivity index (χ3n) is 3.93. The molecule has 0 bridgehead atoms. The Hall–Kier alpha value is -1.56. The molecule has 2 unspecified atom stereocenters. The van der Waals surface area contributed by atoms with Gasteiger partial charge in [0.25, 0.3) is 5.91 Å². The van der Waals surface area contributed by atoms with Crippen LogP contribution < -0.4 is 4.74 Å². The van der Waals surface area contributed by atoms with Crippen LogP contribution in [0.4, 0.5) is 0 Å². The van der Waals surface area contributed by atoms with Gasteiger partial charge >= 0.3 is 5.97 Å². The van der Waals surface area contributed by atoms with E-state index in [1.165, 1.54) is 7.11 Å². The van der Waals surface area contributed by atoms with Crippen molar-refractivity contribution in [2.24, 2.45) is 11.8 Å². The van der Waals surface area contributed by atoms with Gasteiger partial charge in [-0.25, -0.2) is 4.79 Å². The molecule has 0 radical (unpaired) electrons. The van der Waals surface area contributed by atoms with E-state index >= 15 is 0 Å². The van der Waals surface area contributed by atoms with Gasteiger partial charge in [0.15, 0.2) is 6.61 Å². The van der Waals surface area contributed by atoms with Crippen LogP contribution in [0.15, 0.2) is 22.7 Å². The Bertz CT molecular complexity index is 580. The van der Waals surface area contributed by atoms with Gasteiger partial charge in [-0.15, -0.1) is 0 Å². The lowest BCUT2D eigenvalue weighted by atomic mass is 9.92. The molecule has 23 heavy (non-hydrogen) atoms. The van der Waals surface area contributed by atoms with E-state index in [0.717, 1.165) is 19.5 Å². The van der Waals surface area contributed by atoms with Gasteiger partial charge in [0, 0.05) is 13.1 Å². The molecule has 1 amide bonds. The Morgan fingerprint density at radius 3 is 2.48 bits per heavy atom. The molecule has 0 aliphatic carbocycles. The first-order chi connectivity index (χ1) is 10.9. The van der Waals surface area contributed by atoms with E-state index in [2.05, 4.69) is 34.5 Å². The number of carbonyl (C=O) groups excluding carboxylic acids is 2. The maximum atomic E-state index is 12.3. The van der Waals surface area contributed by atoms with Gasteiger partial charge in [-0.3, -0.25) is 4.79 Å². The molecule has 2 atom stereocenters. The number of halogens is 1. The smallest absolute Gasteiger partial charge is 0.337 e. The molecule has 0 saturated carbocycles. The number of piperidine rings is 1. The molecule has 0 aromatic heterocycles. The summed E-state index contributed by atoms with van der Waals surface area (Å²) in [6.45, 7) is 5.90. The number of nitrogens with zero attached hydrogens (tertiary/aromatic N) is 1. The predicted molar refractivity (Wildman–Crippen MR) is 90.5 cm³/mol. The van der Waals surface area contributed by atoms with Crippen LogP contribution in [-0.4, -0.2) is 43.6 Å². The summed E-state index contributed by atoms with van der Waals surface area (Å²) >= 11 is 3.35. The number of carbonyl (C=O) groups is 2. The number of benzene rings is 1. The van der Waals surface area contributed by atoms with Crippen LogP contribution >= 0.6 is 15.9 Å². The van der Waals surface area contributed by atoms with Crippen molar-refractivity contribution in [2.45, 2.75) is 20.3 Å². The normalized spacial score (nSPS) is 21.0. The number of hydrogen-bond donors (Lipinski definition) is 0. The van der Waals surface area contributed by atoms with E-state index in [0.29, 0.717) is 27.6 Å². The minimum absolute atomic E-state index is 0.00435. The highest BCUT2D eigenvalue weighted by atomic mass is 79.9. The van der Waals surface area contributed by atoms with Crippen LogP contribution in [0, 0.1) is 11.8 Å². The van der Waals surface area contributed by atoms with Gasteiger partial charge in [-0.2, -0.15) is 0 Å². The van der Waals surface area contributed by atoms with Crippen LogP contribution in [-0.2, 0) is 9.53 Å². The summed E-state index contributed by atoms with van der Waals surface area (Å²) in [5, 5.41) is 0. The largest absolute Gasteiger partial charge is 0.483 e. The standard InChI is InChI=1S/C17H22BrNO4/c1-11-6-12(2)9-19(8-11)16(20)10-23-15-5-4-13(7-14(15)18)17(21)22-3/h4-5,7,11-12H,6,8-10H2,1-3H3. The molecule has 5 nitrogen and oxygen atoms in total. The fourth-order valence-corrected chi connectivity index (χ4v) is 3.45. The number of likely N-dealkylation sites (tertiary alicyclic amines) is 1. The molecule has 1 aliphatic heterocycles. The Morgan fingerprint density at radius 2 is 1.91 bits per heavy atom. The molecule has 1 aliphatic rings. The van der Waals surface area contributed by atoms with Crippen LogP contribution in [0.3, 0.4) is 0 Å². The van der Waals surface area contributed by atoms with Crippen molar-refractivity contribution < 1.29 is 19.1 Å². The third-order valence-corrected chi connectivity index (χ3v) is 4.55. The number of hydrogen-bond acceptors (Lipinski definition) is 4. The molecule has 0 N–H and O–H groups in total. The van der Waals surface area contributed by atoms with E-state index < -0.39 is 5.97 Å². The zero-order valence-electron chi connectivity index (χ0n) is 13.7. The molecule has 6 heteroatoms. The minimum atomic E-state index is -0.412. The van der Waals surface area contributed by atoms with Crippen molar-refractivity contribution in [2.75, 3.05) is 26.8 Å². The Labute approximate surface area is 145 Å². The van der Waals surface area contributed by atoms with Crippen LogP contribution in [0.2, 0.25) is 0 Å². The second kappa shape index (κ2) is 7.81. The van der Waals surface area contributed by atoms with Gasteiger partial charge < -0.3 is 14.4 Å². The van der Waals surface area contributed by atoms with Gasteiger partial charge in [-0.05, 0) is 52.4 Å². The van der Waals surface area contributed by atoms with Crippen LogP contribution in [0.1, 0.15) is 30.6 Å². The summed E-state index contributed by atoms with van der Waals surface area (Å²) in [4.78, 5) is 25.6. The maximum Gasteiger partial charge on any atom is 0.337 e. The van der Waals surface area contributed by atoms with Crippen molar-refractivity contribution in [3.8, 4) is 5.75 Å². The molecule has 0 spiro atoms. The molecule has 126 valence electrons. The molecule has 1 aromatic carbocycles. The molecule has 1 aromatic rings. The SMILES string of the molecule is COC(=O)c1ccc(OCC(=O)N2CC(C)CC(C)C2)c(Br)c1. The summed E-state index contributed by atoms with van der Waals surface area (Å²) in [5.41, 5.74) is 0.428. The highest BCUT2D eigenvalue weighted by molar-refractivity contribution is 9.10. The predicted octanol–water partition coefficient (Wildman–Crippen LogP) is 3.12. The average Bonchev–Trinajstić information content (AvgIpc) is 2.51. The lowest BCUT2D eigenvalue weighted by Gasteiger charge is -2.34. The number of amides is 1. The molecular weight excluding hydrogens is 362 g/mol. The lowest BCUT2D eigenvalue weighted by molar-refractivity contribution is -0.136. The molecule has 1 saturated heterocycles. The first-order valence-electron chi connectivity index (χ1n) is 7.69. The number of methoxy groups -OCH3 is 1. The Balaban J connectivity index is 1.95. The zero-order valence-corrected chi connectivity index (χ0v) is 15.3. The summed E-state index contributed by atoms with van der Waals surface area (Å²) in [7, 11) is 1.33. The third kappa shape index (κ3) is 4.70. The van der Waals surface area contributed by atoms with Crippen LogP contribution in [0.5, 0.6) is 5.75 Å². The fraction of sp³-hybridized carbons (Fsp3) is 0.529. The topological polar surface area (TPSA) is 55.8 Å². The summed E-state index contributed by atoms with van der Waals surface area (Å²) in [6.07, 6.45) is 1.16. The second-order valence-corrected chi connectivity index (χ2v) is 7.02. The first-order valence-corrected chi connectivity index (χ1v) is 8.48. The summed E-state index contributed by atoms with van der Waals surface area (Å²) < 4.78 is 10.9. The average molecular weight is 384 g/mol. The second-order valence-electron chi connectivity index (χ2n) is 6.17. The highest BCUT2D eigenvalue weighted by Crippen LogP contribution is 2.27. The van der Waals surface area contributed by atoms with Crippen molar-refractivity contribution in [3.05, 3.63) is 28.2 Å². The van der Waals surface area contributed by atoms with Crippen molar-refractivity contribution in [3.63, 3.8) is 0 Å². The molecular formula is C17H22BrNO4. The summed E-state index contributed by atoms with van der Waals surface area (Å²) in [5.74, 6) is 1.16. The Morgan fingerprint density at radius 1 is 1.26 bits per heavy atom. The van der Waals surface area contributed by atoms with Gasteiger partial charge in [-0.1, -0.05) is 13.8 Å². The summed E-state index contributed by atoms with van der Waals surface area (Å²) in [6, 6.07) is 4.89. The fourth-order valence-electron chi connectivity index (χ4n) is 2.96. The maximum absolute atomic E-state index is 12.3. The number of ether oxygens (including phenoxy) is 2. The van der Waals surface area contributed by atoms with Gasteiger partial charge in [0.05, 0.1) is 17.1 Å². The Kier molecular flexibility index (Phi) is 6.04.